The van der Waals surface area contributed by atoms with Crippen LogP contribution in [0, 0.1) is 13.8 Å². The van der Waals surface area contributed by atoms with Crippen LogP contribution < -0.4 is 5.32 Å². The molecule has 4 nitrogen and oxygen atoms in total. The third-order valence-corrected chi connectivity index (χ3v) is 6.49. The Morgan fingerprint density at radius 2 is 1.69 bits per heavy atom. The van der Waals surface area contributed by atoms with E-state index in [0.717, 1.165) is 28.7 Å². The minimum absolute atomic E-state index is 0.0276. The topological polar surface area (TPSA) is 52.6 Å². The highest BCUT2D eigenvalue weighted by Gasteiger charge is 2.51. The maximum atomic E-state index is 12.9. The Labute approximate surface area is 174 Å². The minimum atomic E-state index is -0.247. The molecule has 0 saturated heterocycles. The van der Waals surface area contributed by atoms with Gasteiger partial charge in [0.2, 0.25) is 5.91 Å². The zero-order chi connectivity index (χ0) is 21.3. The number of nitrogens with zero attached hydrogens (tertiary/aromatic N) is 1. The van der Waals surface area contributed by atoms with Crippen LogP contribution in [0.2, 0.25) is 0 Å². The Balaban J connectivity index is 1.68. The standard InChI is InChI=1S/C25H32N2O2/c1-16-12-21(28)13-17(2)22(16)14-20(27(5)6)15-26-24(29)23-18(3)25(23,4)19-10-8-7-9-11-19/h7-13,20,28H,14-15H2,1-6H3,(H,26,29)/t20-,25+/m0/s1. The third-order valence-electron chi connectivity index (χ3n) is 6.49. The van der Waals surface area contributed by atoms with E-state index in [1.807, 2.05) is 46.1 Å². The average Bonchev–Trinajstić information content (AvgIpc) is 3.23. The second-order valence-corrected chi connectivity index (χ2v) is 8.58. The maximum absolute atomic E-state index is 12.9. The summed E-state index contributed by atoms with van der Waals surface area (Å²) in [5, 5.41) is 13.0. The molecule has 2 aromatic carbocycles. The Hall–Kier alpha value is -2.59. The van der Waals surface area contributed by atoms with E-state index in [-0.39, 0.29) is 17.4 Å². The molecule has 1 amide bonds. The first kappa shape index (κ1) is 21.1. The van der Waals surface area contributed by atoms with Gasteiger partial charge < -0.3 is 15.3 Å². The Morgan fingerprint density at radius 1 is 1.10 bits per heavy atom. The molecular weight excluding hydrogens is 360 g/mol. The van der Waals surface area contributed by atoms with Crippen molar-refractivity contribution in [3.05, 3.63) is 75.9 Å². The van der Waals surface area contributed by atoms with Crippen molar-refractivity contribution < 1.29 is 9.90 Å². The van der Waals surface area contributed by atoms with Crippen LogP contribution in [0.5, 0.6) is 5.75 Å². The summed E-state index contributed by atoms with van der Waals surface area (Å²) in [7, 11) is 4.08. The van der Waals surface area contributed by atoms with Crippen molar-refractivity contribution >= 4 is 5.91 Å². The fraction of sp³-hybridized carbons (Fsp3) is 0.400. The van der Waals surface area contributed by atoms with E-state index in [1.165, 1.54) is 11.1 Å². The van der Waals surface area contributed by atoms with E-state index < -0.39 is 0 Å². The largest absolute Gasteiger partial charge is 0.508 e. The first-order chi connectivity index (χ1) is 13.7. The summed E-state index contributed by atoms with van der Waals surface area (Å²) >= 11 is 0. The zero-order valence-corrected chi connectivity index (χ0v) is 18.3. The molecule has 0 fully saturated rings. The molecule has 0 spiro atoms. The molecule has 1 aliphatic rings. The normalized spacial score (nSPS) is 19.4. The summed E-state index contributed by atoms with van der Waals surface area (Å²) in [5.41, 5.74) is 6.35. The lowest BCUT2D eigenvalue weighted by atomic mass is 9.90. The van der Waals surface area contributed by atoms with Gasteiger partial charge in [-0.2, -0.15) is 0 Å². The van der Waals surface area contributed by atoms with Gasteiger partial charge in [0.1, 0.15) is 5.75 Å². The van der Waals surface area contributed by atoms with Crippen molar-refractivity contribution in [3.63, 3.8) is 0 Å². The molecule has 0 saturated carbocycles. The number of allylic oxidation sites excluding steroid dienone is 1. The van der Waals surface area contributed by atoms with E-state index in [9.17, 15) is 9.90 Å². The van der Waals surface area contributed by atoms with Crippen LogP contribution in [0.15, 0.2) is 53.6 Å². The van der Waals surface area contributed by atoms with Crippen LogP contribution in [0.4, 0.5) is 0 Å². The summed E-state index contributed by atoms with van der Waals surface area (Å²) in [4.78, 5) is 15.1. The number of benzene rings is 2. The van der Waals surface area contributed by atoms with E-state index in [4.69, 9.17) is 0 Å². The molecule has 4 heteroatoms. The van der Waals surface area contributed by atoms with E-state index in [1.54, 1.807) is 12.1 Å². The zero-order valence-electron chi connectivity index (χ0n) is 18.3. The lowest BCUT2D eigenvalue weighted by molar-refractivity contribution is -0.117. The predicted octanol–water partition coefficient (Wildman–Crippen LogP) is 3.89. The monoisotopic (exact) mass is 392 g/mol. The second-order valence-electron chi connectivity index (χ2n) is 8.58. The van der Waals surface area contributed by atoms with Gasteiger partial charge in [0, 0.05) is 23.6 Å². The molecule has 0 bridgehead atoms. The lowest BCUT2D eigenvalue weighted by Crippen LogP contribution is -2.42. The molecule has 29 heavy (non-hydrogen) atoms. The van der Waals surface area contributed by atoms with Gasteiger partial charge in [-0.3, -0.25) is 4.79 Å². The first-order valence-electron chi connectivity index (χ1n) is 10.2. The molecule has 2 aromatic rings. The number of carbonyl (C=O) groups is 1. The van der Waals surface area contributed by atoms with Gasteiger partial charge >= 0.3 is 0 Å². The summed E-state index contributed by atoms with van der Waals surface area (Å²) in [6.07, 6.45) is 0.819. The summed E-state index contributed by atoms with van der Waals surface area (Å²) in [6, 6.07) is 14.0. The quantitative estimate of drug-likeness (QED) is 0.752. The van der Waals surface area contributed by atoms with Gasteiger partial charge in [-0.15, -0.1) is 0 Å². The summed E-state index contributed by atoms with van der Waals surface area (Å²) in [5.74, 6) is 0.328. The number of aromatic hydroxyl groups is 1. The first-order valence-corrected chi connectivity index (χ1v) is 10.2. The molecular formula is C25H32N2O2. The molecule has 0 unspecified atom stereocenters. The van der Waals surface area contributed by atoms with Crippen LogP contribution in [-0.4, -0.2) is 42.6 Å². The highest BCUT2D eigenvalue weighted by Crippen LogP contribution is 2.53. The van der Waals surface area contributed by atoms with Crippen molar-refractivity contribution in [2.24, 2.45) is 0 Å². The Morgan fingerprint density at radius 3 is 2.24 bits per heavy atom. The van der Waals surface area contributed by atoms with Gasteiger partial charge in [0.05, 0.1) is 0 Å². The van der Waals surface area contributed by atoms with Crippen molar-refractivity contribution in [2.75, 3.05) is 20.6 Å². The Kier molecular flexibility index (Phi) is 5.85. The van der Waals surface area contributed by atoms with Crippen molar-refractivity contribution in [1.29, 1.82) is 0 Å². The number of rotatable bonds is 7. The SMILES string of the molecule is CC1=C(C(=O)NC[C@H](Cc2c(C)cc(O)cc2C)N(C)C)[C@@]1(C)c1ccccc1. The van der Waals surface area contributed by atoms with E-state index in [2.05, 4.69) is 36.2 Å². The van der Waals surface area contributed by atoms with Gasteiger partial charge in [-0.1, -0.05) is 30.3 Å². The van der Waals surface area contributed by atoms with Crippen LogP contribution in [0.25, 0.3) is 0 Å². The van der Waals surface area contributed by atoms with Crippen molar-refractivity contribution in [1.82, 2.24) is 10.2 Å². The average molecular weight is 393 g/mol. The van der Waals surface area contributed by atoms with E-state index in [0.29, 0.717) is 12.3 Å². The van der Waals surface area contributed by atoms with Crippen LogP contribution in [0.3, 0.4) is 0 Å². The Bertz CT molecular complexity index is 924. The number of amides is 1. The highest BCUT2D eigenvalue weighted by atomic mass is 16.3. The van der Waals surface area contributed by atoms with Crippen LogP contribution in [-0.2, 0) is 16.6 Å². The molecule has 154 valence electrons. The maximum Gasteiger partial charge on any atom is 0.248 e. The molecule has 2 N–H and O–H groups in total. The molecule has 0 aromatic heterocycles. The number of carbonyl (C=O) groups excluding carboxylic acids is 1. The lowest BCUT2D eigenvalue weighted by Gasteiger charge is -2.26. The molecule has 0 radical (unpaired) electrons. The van der Waals surface area contributed by atoms with Crippen molar-refractivity contribution in [3.8, 4) is 5.75 Å². The fourth-order valence-electron chi connectivity index (χ4n) is 4.33. The predicted molar refractivity (Wildman–Crippen MR) is 118 cm³/mol. The number of phenols is 1. The molecule has 0 heterocycles. The molecule has 2 atom stereocenters. The number of likely N-dealkylation sites (N-methyl/N-ethyl adjacent to an activating group) is 1. The van der Waals surface area contributed by atoms with Gasteiger partial charge in [0.25, 0.3) is 0 Å². The third kappa shape index (κ3) is 4.08. The second kappa shape index (κ2) is 8.03. The number of nitrogens with one attached hydrogen (secondary N) is 1. The van der Waals surface area contributed by atoms with Gasteiger partial charge in [0.15, 0.2) is 0 Å². The minimum Gasteiger partial charge on any atom is -0.508 e. The fourth-order valence-corrected chi connectivity index (χ4v) is 4.33. The number of hydrogen-bond acceptors (Lipinski definition) is 3. The van der Waals surface area contributed by atoms with Crippen molar-refractivity contribution in [2.45, 2.75) is 45.6 Å². The smallest absolute Gasteiger partial charge is 0.248 e. The van der Waals surface area contributed by atoms with Gasteiger partial charge in [-0.25, -0.2) is 0 Å². The van der Waals surface area contributed by atoms with Crippen LogP contribution >= 0.6 is 0 Å². The van der Waals surface area contributed by atoms with Crippen LogP contribution in [0.1, 0.15) is 36.1 Å². The summed E-state index contributed by atoms with van der Waals surface area (Å²) < 4.78 is 0. The molecule has 1 aliphatic carbocycles. The van der Waals surface area contributed by atoms with E-state index >= 15 is 0 Å². The van der Waals surface area contributed by atoms with Gasteiger partial charge in [-0.05, 0) is 88.2 Å². The molecule has 0 aliphatic heterocycles. The number of hydrogen-bond donors (Lipinski definition) is 2. The highest BCUT2D eigenvalue weighted by molar-refractivity contribution is 6.04. The number of phenolic OH excluding ortho intramolecular Hbond substituents is 1. The molecule has 3 rings (SSSR count). The summed E-state index contributed by atoms with van der Waals surface area (Å²) in [6.45, 7) is 8.80. The number of aryl methyl sites for hydroxylation is 2.